The quantitative estimate of drug-likeness (QED) is 0.862. The zero-order valence-corrected chi connectivity index (χ0v) is 13.6. The van der Waals surface area contributed by atoms with Crippen LogP contribution in [0.2, 0.25) is 5.02 Å². The molecule has 0 saturated carbocycles. The lowest BCUT2D eigenvalue weighted by atomic mass is 10.1. The molecule has 0 N–H and O–H groups in total. The van der Waals surface area contributed by atoms with Gasteiger partial charge in [0.2, 0.25) is 0 Å². The van der Waals surface area contributed by atoms with Crippen LogP contribution in [0, 0.1) is 0 Å². The Morgan fingerprint density at radius 3 is 2.73 bits per heavy atom. The molecule has 0 aliphatic carbocycles. The van der Waals surface area contributed by atoms with E-state index in [0.29, 0.717) is 12.5 Å². The van der Waals surface area contributed by atoms with Gasteiger partial charge in [-0.1, -0.05) is 37.6 Å². The van der Waals surface area contributed by atoms with Crippen LogP contribution in [0.1, 0.15) is 37.1 Å². The summed E-state index contributed by atoms with van der Waals surface area (Å²) in [7, 11) is 0. The number of ether oxygens (including phenoxy) is 1. The molecular formula is C17H20ClN3O. The lowest BCUT2D eigenvalue weighted by Gasteiger charge is -2.34. The lowest BCUT2D eigenvalue weighted by Crippen LogP contribution is -2.39. The standard InChI is InChI=1S/C17H20ClN3O/c1-12(2)15-9-17(20-11-19-15)21-7-8-22-16(10-21)13-3-5-14(18)6-4-13/h3-6,9,11-12,16H,7-8,10H2,1-2H3/t16-/m0/s1. The summed E-state index contributed by atoms with van der Waals surface area (Å²) in [4.78, 5) is 11.0. The molecule has 0 spiro atoms. The molecule has 3 rings (SSSR count). The van der Waals surface area contributed by atoms with Crippen molar-refractivity contribution in [3.05, 3.63) is 52.9 Å². The Hall–Kier alpha value is -1.65. The molecule has 1 fully saturated rings. The number of rotatable bonds is 3. The third-order valence-corrected chi connectivity index (χ3v) is 4.15. The fourth-order valence-electron chi connectivity index (χ4n) is 2.59. The van der Waals surface area contributed by atoms with Crippen LogP contribution >= 0.6 is 11.6 Å². The largest absolute Gasteiger partial charge is 0.370 e. The Kier molecular flexibility index (Phi) is 4.60. The number of nitrogens with zero attached hydrogens (tertiary/aromatic N) is 3. The predicted molar refractivity (Wildman–Crippen MR) is 88.5 cm³/mol. The van der Waals surface area contributed by atoms with Gasteiger partial charge in [-0.3, -0.25) is 0 Å². The first-order valence-corrected chi connectivity index (χ1v) is 7.95. The number of aromatic nitrogens is 2. The van der Waals surface area contributed by atoms with Crippen molar-refractivity contribution in [2.45, 2.75) is 25.9 Å². The highest BCUT2D eigenvalue weighted by atomic mass is 35.5. The second-order valence-corrected chi connectivity index (χ2v) is 6.25. The molecule has 0 unspecified atom stereocenters. The summed E-state index contributed by atoms with van der Waals surface area (Å²) in [6, 6.07) is 9.93. The van der Waals surface area contributed by atoms with E-state index in [9.17, 15) is 0 Å². The minimum Gasteiger partial charge on any atom is -0.370 e. The summed E-state index contributed by atoms with van der Waals surface area (Å²) < 4.78 is 5.91. The molecule has 2 heterocycles. The van der Waals surface area contributed by atoms with Crippen molar-refractivity contribution in [1.29, 1.82) is 0 Å². The fraction of sp³-hybridized carbons (Fsp3) is 0.412. The molecule has 5 heteroatoms. The van der Waals surface area contributed by atoms with Crippen molar-refractivity contribution < 1.29 is 4.74 Å². The first-order valence-electron chi connectivity index (χ1n) is 7.57. The molecule has 2 aromatic rings. The van der Waals surface area contributed by atoms with Crippen LogP contribution in [0.3, 0.4) is 0 Å². The van der Waals surface area contributed by atoms with Gasteiger partial charge in [0.15, 0.2) is 0 Å². The molecule has 1 aliphatic heterocycles. The van der Waals surface area contributed by atoms with Crippen LogP contribution in [0.15, 0.2) is 36.7 Å². The van der Waals surface area contributed by atoms with E-state index >= 15 is 0 Å². The van der Waals surface area contributed by atoms with Gasteiger partial charge in [-0.05, 0) is 23.6 Å². The normalized spacial score (nSPS) is 18.7. The Labute approximate surface area is 136 Å². The maximum Gasteiger partial charge on any atom is 0.132 e. The number of benzene rings is 1. The average molecular weight is 318 g/mol. The molecule has 116 valence electrons. The van der Waals surface area contributed by atoms with Crippen LogP contribution in [0.5, 0.6) is 0 Å². The molecule has 4 nitrogen and oxygen atoms in total. The van der Waals surface area contributed by atoms with Gasteiger partial charge in [0.05, 0.1) is 6.61 Å². The number of anilines is 1. The summed E-state index contributed by atoms with van der Waals surface area (Å²) in [6.45, 7) is 6.60. The Bertz CT molecular complexity index is 630. The number of morpholine rings is 1. The van der Waals surface area contributed by atoms with Gasteiger partial charge in [0, 0.05) is 29.9 Å². The summed E-state index contributed by atoms with van der Waals surface area (Å²) >= 11 is 5.95. The monoisotopic (exact) mass is 317 g/mol. The summed E-state index contributed by atoms with van der Waals surface area (Å²) in [5, 5.41) is 0.744. The van der Waals surface area contributed by atoms with Crippen molar-refractivity contribution >= 4 is 17.4 Å². The molecule has 0 amide bonds. The Morgan fingerprint density at radius 1 is 1.23 bits per heavy atom. The number of hydrogen-bond acceptors (Lipinski definition) is 4. The minimum atomic E-state index is 0.0449. The summed E-state index contributed by atoms with van der Waals surface area (Å²) in [6.07, 6.45) is 1.70. The van der Waals surface area contributed by atoms with Crippen LogP contribution in [-0.2, 0) is 4.74 Å². The third-order valence-electron chi connectivity index (χ3n) is 3.90. The molecule has 1 aromatic carbocycles. The van der Waals surface area contributed by atoms with E-state index in [1.54, 1.807) is 6.33 Å². The third kappa shape index (κ3) is 3.39. The van der Waals surface area contributed by atoms with Crippen molar-refractivity contribution in [3.63, 3.8) is 0 Å². The van der Waals surface area contributed by atoms with Crippen molar-refractivity contribution in [1.82, 2.24) is 9.97 Å². The van der Waals surface area contributed by atoms with E-state index in [1.807, 2.05) is 24.3 Å². The van der Waals surface area contributed by atoms with Gasteiger partial charge in [-0.15, -0.1) is 0 Å². The molecule has 1 atom stereocenters. The zero-order valence-electron chi connectivity index (χ0n) is 12.9. The predicted octanol–water partition coefficient (Wildman–Crippen LogP) is 3.83. The number of halogens is 1. The van der Waals surface area contributed by atoms with E-state index in [1.165, 1.54) is 0 Å². The Balaban J connectivity index is 1.78. The first kappa shape index (κ1) is 15.3. The maximum absolute atomic E-state index is 5.95. The van der Waals surface area contributed by atoms with Gasteiger partial charge in [0.1, 0.15) is 18.2 Å². The highest BCUT2D eigenvalue weighted by molar-refractivity contribution is 6.30. The van der Waals surface area contributed by atoms with E-state index in [2.05, 4.69) is 34.8 Å². The Morgan fingerprint density at radius 2 is 2.00 bits per heavy atom. The molecule has 1 aromatic heterocycles. The van der Waals surface area contributed by atoms with Gasteiger partial charge < -0.3 is 9.64 Å². The van der Waals surface area contributed by atoms with Crippen molar-refractivity contribution in [3.8, 4) is 0 Å². The molecular weight excluding hydrogens is 298 g/mol. The molecule has 1 saturated heterocycles. The van der Waals surface area contributed by atoms with Crippen LogP contribution in [0.25, 0.3) is 0 Å². The van der Waals surface area contributed by atoms with E-state index < -0.39 is 0 Å². The smallest absolute Gasteiger partial charge is 0.132 e. The van der Waals surface area contributed by atoms with Gasteiger partial charge >= 0.3 is 0 Å². The molecule has 0 radical (unpaired) electrons. The van der Waals surface area contributed by atoms with E-state index in [0.717, 1.165) is 35.2 Å². The van der Waals surface area contributed by atoms with Crippen molar-refractivity contribution in [2.75, 3.05) is 24.6 Å². The van der Waals surface area contributed by atoms with Crippen LogP contribution in [-0.4, -0.2) is 29.7 Å². The van der Waals surface area contributed by atoms with Crippen LogP contribution < -0.4 is 4.90 Å². The highest BCUT2D eigenvalue weighted by Crippen LogP contribution is 2.26. The maximum atomic E-state index is 5.95. The molecule has 0 bridgehead atoms. The van der Waals surface area contributed by atoms with Crippen LogP contribution in [0.4, 0.5) is 5.82 Å². The van der Waals surface area contributed by atoms with E-state index in [-0.39, 0.29) is 6.10 Å². The van der Waals surface area contributed by atoms with E-state index in [4.69, 9.17) is 16.3 Å². The molecule has 1 aliphatic rings. The van der Waals surface area contributed by atoms with Gasteiger partial charge in [-0.25, -0.2) is 9.97 Å². The average Bonchev–Trinajstić information content (AvgIpc) is 2.56. The zero-order chi connectivity index (χ0) is 15.5. The number of hydrogen-bond donors (Lipinski definition) is 0. The SMILES string of the molecule is CC(C)c1cc(N2CCO[C@H](c3ccc(Cl)cc3)C2)ncn1. The van der Waals surface area contributed by atoms with Gasteiger partial charge in [0.25, 0.3) is 0 Å². The summed E-state index contributed by atoms with van der Waals surface area (Å²) in [5.41, 5.74) is 2.21. The summed E-state index contributed by atoms with van der Waals surface area (Å²) in [5.74, 6) is 1.37. The molecule has 22 heavy (non-hydrogen) atoms. The van der Waals surface area contributed by atoms with Crippen molar-refractivity contribution in [2.24, 2.45) is 0 Å². The first-order chi connectivity index (χ1) is 10.6. The second-order valence-electron chi connectivity index (χ2n) is 5.81. The lowest BCUT2D eigenvalue weighted by molar-refractivity contribution is 0.0395. The highest BCUT2D eigenvalue weighted by Gasteiger charge is 2.23. The second kappa shape index (κ2) is 6.63. The topological polar surface area (TPSA) is 38.2 Å². The fourth-order valence-corrected chi connectivity index (χ4v) is 2.71. The minimum absolute atomic E-state index is 0.0449. The van der Waals surface area contributed by atoms with Gasteiger partial charge in [-0.2, -0.15) is 0 Å².